The number of halogens is 3. The average Bonchev–Trinajstić information content (AvgIpc) is 2.67. The zero-order valence-corrected chi connectivity index (χ0v) is 13.3. The molecule has 2 N–H and O–H groups in total. The molecule has 6 heteroatoms. The van der Waals surface area contributed by atoms with Crippen molar-refractivity contribution < 1.29 is 4.39 Å². The van der Waals surface area contributed by atoms with E-state index in [1.165, 1.54) is 12.1 Å². The Morgan fingerprint density at radius 1 is 1.21 bits per heavy atom. The largest absolute Gasteiger partial charge is 0.369 e. The van der Waals surface area contributed by atoms with Gasteiger partial charge in [0, 0.05) is 8.04 Å². The second-order valence-corrected chi connectivity index (χ2v) is 6.13. The van der Waals surface area contributed by atoms with Crippen LogP contribution in [0.15, 0.2) is 40.9 Å². The van der Waals surface area contributed by atoms with E-state index in [0.717, 1.165) is 19.1 Å². The van der Waals surface area contributed by atoms with E-state index in [9.17, 15) is 4.39 Å². The molecule has 0 fully saturated rings. The van der Waals surface area contributed by atoms with Crippen molar-refractivity contribution in [1.82, 2.24) is 9.55 Å². The van der Waals surface area contributed by atoms with Gasteiger partial charge in [0.1, 0.15) is 5.82 Å². The van der Waals surface area contributed by atoms with Crippen LogP contribution in [0.2, 0.25) is 0 Å². The topological polar surface area (TPSA) is 43.8 Å². The predicted molar refractivity (Wildman–Crippen MR) is 85.9 cm³/mol. The Morgan fingerprint density at radius 2 is 2.00 bits per heavy atom. The molecule has 1 heterocycles. The molecule has 0 radical (unpaired) electrons. The van der Waals surface area contributed by atoms with Crippen molar-refractivity contribution >= 4 is 55.5 Å². The SMILES string of the molecule is Nc1nc2cc(I)ccc2n1-c1cc(F)ccc1Br. The number of rotatable bonds is 1. The minimum atomic E-state index is -0.315. The summed E-state index contributed by atoms with van der Waals surface area (Å²) in [4.78, 5) is 4.31. The van der Waals surface area contributed by atoms with Gasteiger partial charge in [-0.25, -0.2) is 9.37 Å². The van der Waals surface area contributed by atoms with Gasteiger partial charge in [-0.05, 0) is 74.9 Å². The highest BCUT2D eigenvalue weighted by Crippen LogP contribution is 2.29. The summed E-state index contributed by atoms with van der Waals surface area (Å²) in [5.41, 5.74) is 8.24. The average molecular weight is 432 g/mol. The Bertz CT molecular complexity index is 785. The fraction of sp³-hybridized carbons (Fsp3) is 0. The van der Waals surface area contributed by atoms with Gasteiger partial charge in [0.15, 0.2) is 0 Å². The molecule has 0 saturated heterocycles. The molecule has 96 valence electrons. The minimum Gasteiger partial charge on any atom is -0.369 e. The summed E-state index contributed by atoms with van der Waals surface area (Å²) < 4.78 is 17.0. The van der Waals surface area contributed by atoms with E-state index in [0.29, 0.717) is 11.6 Å². The van der Waals surface area contributed by atoms with E-state index < -0.39 is 0 Å². The van der Waals surface area contributed by atoms with Gasteiger partial charge in [-0.2, -0.15) is 0 Å². The molecule has 1 aromatic heterocycles. The molecule has 0 aliphatic rings. The molecule has 2 aromatic carbocycles. The van der Waals surface area contributed by atoms with Crippen molar-refractivity contribution in [3.63, 3.8) is 0 Å². The molecule has 3 aromatic rings. The van der Waals surface area contributed by atoms with Gasteiger partial charge < -0.3 is 5.73 Å². The smallest absolute Gasteiger partial charge is 0.205 e. The summed E-state index contributed by atoms with van der Waals surface area (Å²) in [6.45, 7) is 0. The number of aromatic nitrogens is 2. The Kier molecular flexibility index (Phi) is 3.22. The van der Waals surface area contributed by atoms with Crippen LogP contribution in [0.25, 0.3) is 16.7 Å². The van der Waals surface area contributed by atoms with Crippen LogP contribution < -0.4 is 5.73 Å². The third-order valence-corrected chi connectivity index (χ3v) is 4.13. The lowest BCUT2D eigenvalue weighted by Gasteiger charge is -2.09. The van der Waals surface area contributed by atoms with Gasteiger partial charge in [0.2, 0.25) is 5.95 Å². The van der Waals surface area contributed by atoms with Gasteiger partial charge in [0.25, 0.3) is 0 Å². The van der Waals surface area contributed by atoms with Crippen LogP contribution in [0.3, 0.4) is 0 Å². The van der Waals surface area contributed by atoms with Crippen molar-refractivity contribution in [3.8, 4) is 5.69 Å². The maximum absolute atomic E-state index is 13.4. The van der Waals surface area contributed by atoms with Crippen LogP contribution in [-0.2, 0) is 0 Å². The quantitative estimate of drug-likeness (QED) is 0.589. The highest BCUT2D eigenvalue weighted by Gasteiger charge is 2.13. The van der Waals surface area contributed by atoms with Crippen LogP contribution >= 0.6 is 38.5 Å². The predicted octanol–water partition coefficient (Wildman–Crippen LogP) is 4.11. The number of fused-ring (bicyclic) bond motifs is 1. The lowest BCUT2D eigenvalue weighted by molar-refractivity contribution is 0.626. The first-order valence-electron chi connectivity index (χ1n) is 5.45. The summed E-state index contributed by atoms with van der Waals surface area (Å²) in [6.07, 6.45) is 0. The molecule has 0 aliphatic carbocycles. The number of benzene rings is 2. The van der Waals surface area contributed by atoms with Crippen molar-refractivity contribution in [2.24, 2.45) is 0 Å². The molecular formula is C13H8BrFIN3. The van der Waals surface area contributed by atoms with E-state index in [-0.39, 0.29) is 5.82 Å². The summed E-state index contributed by atoms with van der Waals surface area (Å²) in [6, 6.07) is 10.3. The second kappa shape index (κ2) is 4.75. The first-order valence-corrected chi connectivity index (χ1v) is 7.32. The summed E-state index contributed by atoms with van der Waals surface area (Å²) in [5, 5.41) is 0. The fourth-order valence-corrected chi connectivity index (χ4v) is 2.88. The third kappa shape index (κ3) is 2.23. The van der Waals surface area contributed by atoms with Gasteiger partial charge in [-0.15, -0.1) is 0 Å². The van der Waals surface area contributed by atoms with Gasteiger partial charge >= 0.3 is 0 Å². The standard InChI is InChI=1S/C13H8BrFIN3/c14-9-3-1-7(15)5-12(9)19-11-4-2-8(16)6-10(11)18-13(19)17/h1-6H,(H2,17,18). The highest BCUT2D eigenvalue weighted by molar-refractivity contribution is 14.1. The van der Waals surface area contributed by atoms with E-state index in [2.05, 4.69) is 43.5 Å². The Labute approximate surface area is 130 Å². The number of nitrogens with two attached hydrogens (primary N) is 1. The number of hydrogen-bond acceptors (Lipinski definition) is 2. The number of nitrogens with zero attached hydrogens (tertiary/aromatic N) is 2. The number of nitrogen functional groups attached to an aromatic ring is 1. The van der Waals surface area contributed by atoms with Crippen LogP contribution in [0.5, 0.6) is 0 Å². The third-order valence-electron chi connectivity index (χ3n) is 2.79. The molecule has 0 bridgehead atoms. The maximum atomic E-state index is 13.4. The van der Waals surface area contributed by atoms with Crippen LogP contribution in [0.4, 0.5) is 10.3 Å². The molecule has 3 nitrogen and oxygen atoms in total. The van der Waals surface area contributed by atoms with Crippen molar-refractivity contribution in [2.75, 3.05) is 5.73 Å². The maximum Gasteiger partial charge on any atom is 0.205 e. The normalized spacial score (nSPS) is 11.1. The lowest BCUT2D eigenvalue weighted by Crippen LogP contribution is -2.01. The zero-order valence-electron chi connectivity index (χ0n) is 9.57. The van der Waals surface area contributed by atoms with E-state index in [1.54, 1.807) is 10.6 Å². The van der Waals surface area contributed by atoms with E-state index >= 15 is 0 Å². The first kappa shape index (κ1) is 12.9. The van der Waals surface area contributed by atoms with Gasteiger partial charge in [-0.3, -0.25) is 4.57 Å². The molecule has 0 unspecified atom stereocenters. The first-order chi connectivity index (χ1) is 9.06. The Hall–Kier alpha value is -1.15. The monoisotopic (exact) mass is 431 g/mol. The molecule has 3 rings (SSSR count). The summed E-state index contributed by atoms with van der Waals surface area (Å²) >= 11 is 5.63. The molecule has 0 saturated carbocycles. The molecule has 0 spiro atoms. The van der Waals surface area contributed by atoms with E-state index in [1.807, 2.05) is 18.2 Å². The van der Waals surface area contributed by atoms with Crippen LogP contribution in [0, 0.1) is 9.39 Å². The molecule has 19 heavy (non-hydrogen) atoms. The zero-order chi connectivity index (χ0) is 13.6. The minimum absolute atomic E-state index is 0.315. The van der Waals surface area contributed by atoms with Gasteiger partial charge in [-0.1, -0.05) is 0 Å². The highest BCUT2D eigenvalue weighted by atomic mass is 127. The summed E-state index contributed by atoms with van der Waals surface area (Å²) in [5.74, 6) is 0.0215. The van der Waals surface area contributed by atoms with E-state index in [4.69, 9.17) is 5.73 Å². The summed E-state index contributed by atoms with van der Waals surface area (Å²) in [7, 11) is 0. The molecule has 0 atom stereocenters. The number of imidazole rings is 1. The second-order valence-electron chi connectivity index (χ2n) is 4.03. The Morgan fingerprint density at radius 3 is 2.79 bits per heavy atom. The van der Waals surface area contributed by atoms with Crippen LogP contribution in [-0.4, -0.2) is 9.55 Å². The van der Waals surface area contributed by atoms with Gasteiger partial charge in [0.05, 0.1) is 16.7 Å². The van der Waals surface area contributed by atoms with Crippen LogP contribution in [0.1, 0.15) is 0 Å². The molecule has 0 aliphatic heterocycles. The lowest BCUT2D eigenvalue weighted by atomic mass is 10.2. The molecular weight excluding hydrogens is 424 g/mol. The fourth-order valence-electron chi connectivity index (χ4n) is 1.98. The Balaban J connectivity index is 2.36. The number of anilines is 1. The van der Waals surface area contributed by atoms with Crippen molar-refractivity contribution in [1.29, 1.82) is 0 Å². The van der Waals surface area contributed by atoms with Crippen molar-refractivity contribution in [2.45, 2.75) is 0 Å². The van der Waals surface area contributed by atoms with Crippen molar-refractivity contribution in [3.05, 3.63) is 50.3 Å². The number of hydrogen-bond donors (Lipinski definition) is 1. The molecule has 0 amide bonds.